The molecule has 0 saturated heterocycles. The fraction of sp³-hybridized carbons (Fsp3) is 0.267. The van der Waals surface area contributed by atoms with Gasteiger partial charge in [0.25, 0.3) is 11.5 Å². The molecule has 1 aliphatic rings. The van der Waals surface area contributed by atoms with Gasteiger partial charge in [-0.1, -0.05) is 49.0 Å². The van der Waals surface area contributed by atoms with Crippen LogP contribution in [-0.4, -0.2) is 39.8 Å². The van der Waals surface area contributed by atoms with Crippen molar-refractivity contribution in [1.29, 1.82) is 0 Å². The van der Waals surface area contributed by atoms with Crippen molar-refractivity contribution in [2.75, 3.05) is 12.4 Å². The molecule has 3 aromatic carbocycles. The molecule has 1 unspecified atom stereocenters. The maximum Gasteiger partial charge on any atom is 0.262 e. The van der Waals surface area contributed by atoms with Gasteiger partial charge < -0.3 is 15.4 Å². The molecule has 1 atom stereocenters. The molecule has 2 N–H and O–H groups in total. The molecule has 1 heterocycles. The van der Waals surface area contributed by atoms with E-state index < -0.39 is 5.25 Å². The molecule has 8 nitrogen and oxygen atoms in total. The number of amides is 2. The predicted molar refractivity (Wildman–Crippen MR) is 154 cm³/mol. The molecule has 1 saturated carbocycles. The number of nitrogens with zero attached hydrogens (tertiary/aromatic N) is 2. The number of nitrogens with one attached hydrogen (secondary N) is 2. The van der Waals surface area contributed by atoms with E-state index in [9.17, 15) is 14.4 Å². The van der Waals surface area contributed by atoms with Crippen LogP contribution in [0.2, 0.25) is 0 Å². The molecule has 1 aromatic heterocycles. The number of carbonyl (C=O) groups excluding carboxylic acids is 2. The molecule has 2 amide bonds. The van der Waals surface area contributed by atoms with E-state index in [1.807, 2.05) is 43.3 Å². The highest BCUT2D eigenvalue weighted by Crippen LogP contribution is 2.27. The first kappa shape index (κ1) is 26.5. The minimum atomic E-state index is -0.482. The van der Waals surface area contributed by atoms with Crippen molar-refractivity contribution in [3.63, 3.8) is 0 Å². The number of benzene rings is 3. The number of carbonyl (C=O) groups is 2. The Bertz CT molecular complexity index is 1560. The molecular formula is C30H30N4O4S. The van der Waals surface area contributed by atoms with Crippen molar-refractivity contribution in [2.24, 2.45) is 0 Å². The predicted octanol–water partition coefficient (Wildman–Crippen LogP) is 4.86. The zero-order valence-corrected chi connectivity index (χ0v) is 22.7. The number of hydrogen-bond acceptors (Lipinski definition) is 6. The van der Waals surface area contributed by atoms with Crippen molar-refractivity contribution in [3.05, 3.63) is 94.3 Å². The largest absolute Gasteiger partial charge is 0.497 e. The van der Waals surface area contributed by atoms with E-state index in [1.165, 1.54) is 11.8 Å². The summed E-state index contributed by atoms with van der Waals surface area (Å²) in [6.45, 7) is 2.19. The quantitative estimate of drug-likeness (QED) is 0.219. The van der Waals surface area contributed by atoms with E-state index in [0.29, 0.717) is 39.5 Å². The van der Waals surface area contributed by atoms with E-state index in [0.717, 1.165) is 18.4 Å². The average Bonchev–Trinajstić information content (AvgIpc) is 3.78. The van der Waals surface area contributed by atoms with Crippen LogP contribution in [0.1, 0.15) is 42.1 Å². The van der Waals surface area contributed by atoms with Crippen molar-refractivity contribution in [2.45, 2.75) is 49.2 Å². The Hall–Kier alpha value is -4.11. The lowest BCUT2D eigenvalue weighted by Gasteiger charge is -2.18. The van der Waals surface area contributed by atoms with E-state index in [-0.39, 0.29) is 30.0 Å². The van der Waals surface area contributed by atoms with Gasteiger partial charge in [0.2, 0.25) is 5.91 Å². The SMILES string of the molecule is CCC(Sc1nc2ccccc2c(=O)n1Cc1ccc(C(=O)NC2CC2)cc1)C(=O)Nc1cccc(OC)c1. The highest BCUT2D eigenvalue weighted by atomic mass is 32.2. The smallest absolute Gasteiger partial charge is 0.262 e. The van der Waals surface area contributed by atoms with Crippen LogP contribution >= 0.6 is 11.8 Å². The molecule has 0 aliphatic heterocycles. The molecule has 0 bridgehead atoms. The lowest BCUT2D eigenvalue weighted by Crippen LogP contribution is -2.28. The fourth-order valence-electron chi connectivity index (χ4n) is 4.19. The second-order valence-corrected chi connectivity index (χ2v) is 10.7. The van der Waals surface area contributed by atoms with Crippen LogP contribution in [0.15, 0.2) is 82.7 Å². The summed E-state index contributed by atoms with van der Waals surface area (Å²) >= 11 is 1.27. The first-order valence-corrected chi connectivity index (χ1v) is 13.8. The maximum absolute atomic E-state index is 13.6. The normalized spacial score (nSPS) is 13.6. The highest BCUT2D eigenvalue weighted by molar-refractivity contribution is 8.00. The summed E-state index contributed by atoms with van der Waals surface area (Å²) in [6.07, 6.45) is 2.59. The average molecular weight is 543 g/mol. The van der Waals surface area contributed by atoms with Gasteiger partial charge >= 0.3 is 0 Å². The van der Waals surface area contributed by atoms with Gasteiger partial charge in [-0.3, -0.25) is 19.0 Å². The maximum atomic E-state index is 13.6. The molecule has 1 aliphatic carbocycles. The monoisotopic (exact) mass is 542 g/mol. The van der Waals surface area contributed by atoms with E-state index in [1.54, 1.807) is 48.1 Å². The summed E-state index contributed by atoms with van der Waals surface area (Å²) in [5.74, 6) is 0.378. The molecule has 0 spiro atoms. The van der Waals surface area contributed by atoms with Crippen LogP contribution in [0.4, 0.5) is 5.69 Å². The number of hydrogen-bond donors (Lipinski definition) is 2. The number of rotatable bonds is 10. The number of methoxy groups -OCH3 is 1. The Kier molecular flexibility index (Phi) is 7.97. The van der Waals surface area contributed by atoms with E-state index in [2.05, 4.69) is 10.6 Å². The Morgan fingerprint density at radius 2 is 1.85 bits per heavy atom. The van der Waals surface area contributed by atoms with Crippen LogP contribution in [0, 0.1) is 0 Å². The Morgan fingerprint density at radius 3 is 2.56 bits per heavy atom. The molecular weight excluding hydrogens is 512 g/mol. The third-order valence-corrected chi connectivity index (χ3v) is 7.90. The zero-order valence-electron chi connectivity index (χ0n) is 21.8. The Balaban J connectivity index is 1.42. The van der Waals surface area contributed by atoms with Gasteiger partial charge in [-0.05, 0) is 61.2 Å². The summed E-state index contributed by atoms with van der Waals surface area (Å²) in [4.78, 5) is 44.0. The van der Waals surface area contributed by atoms with Gasteiger partial charge in [0.15, 0.2) is 5.16 Å². The molecule has 0 radical (unpaired) electrons. The van der Waals surface area contributed by atoms with Crippen molar-refractivity contribution < 1.29 is 14.3 Å². The van der Waals surface area contributed by atoms with Crippen molar-refractivity contribution in [3.8, 4) is 5.75 Å². The summed E-state index contributed by atoms with van der Waals surface area (Å²) in [5.41, 5.74) is 2.48. The summed E-state index contributed by atoms with van der Waals surface area (Å²) < 4.78 is 6.86. The molecule has 5 rings (SSSR count). The van der Waals surface area contributed by atoms with Crippen LogP contribution in [0.3, 0.4) is 0 Å². The molecule has 9 heteroatoms. The van der Waals surface area contributed by atoms with Crippen molar-refractivity contribution >= 4 is 40.2 Å². The lowest BCUT2D eigenvalue weighted by atomic mass is 10.1. The summed E-state index contributed by atoms with van der Waals surface area (Å²) in [7, 11) is 1.58. The molecule has 4 aromatic rings. The summed E-state index contributed by atoms with van der Waals surface area (Å²) in [6, 6.07) is 21.9. The van der Waals surface area contributed by atoms with Gasteiger partial charge in [-0.2, -0.15) is 0 Å². The minimum Gasteiger partial charge on any atom is -0.497 e. The minimum absolute atomic E-state index is 0.0855. The Labute approximate surface area is 230 Å². The number of fused-ring (bicyclic) bond motifs is 1. The first-order valence-electron chi connectivity index (χ1n) is 13.0. The second-order valence-electron chi connectivity index (χ2n) is 9.48. The number of para-hydroxylation sites is 1. The number of thioether (sulfide) groups is 1. The van der Waals surface area contributed by atoms with Crippen LogP contribution in [-0.2, 0) is 11.3 Å². The van der Waals surface area contributed by atoms with Gasteiger partial charge in [-0.15, -0.1) is 0 Å². The number of ether oxygens (including phenoxy) is 1. The van der Waals surface area contributed by atoms with Gasteiger partial charge in [0.05, 0.1) is 29.8 Å². The standard InChI is InChI=1S/C30H30N4O4S/c1-3-26(28(36)32-22-7-6-8-23(17-22)38-2)39-30-33-25-10-5-4-9-24(25)29(37)34(30)18-19-11-13-20(14-12-19)27(35)31-21-15-16-21/h4-14,17,21,26H,3,15-16,18H2,1-2H3,(H,31,35)(H,32,36). The lowest BCUT2D eigenvalue weighted by molar-refractivity contribution is -0.115. The van der Waals surface area contributed by atoms with E-state index >= 15 is 0 Å². The third kappa shape index (κ3) is 6.31. The second kappa shape index (κ2) is 11.7. The fourth-order valence-corrected chi connectivity index (χ4v) is 5.20. The topological polar surface area (TPSA) is 102 Å². The Morgan fingerprint density at radius 1 is 1.08 bits per heavy atom. The van der Waals surface area contributed by atoms with Gasteiger partial charge in [0, 0.05) is 23.4 Å². The van der Waals surface area contributed by atoms with Crippen LogP contribution < -0.4 is 20.9 Å². The highest BCUT2D eigenvalue weighted by Gasteiger charge is 2.24. The van der Waals surface area contributed by atoms with E-state index in [4.69, 9.17) is 9.72 Å². The molecule has 1 fully saturated rings. The van der Waals surface area contributed by atoms with Gasteiger partial charge in [-0.25, -0.2) is 4.98 Å². The number of aromatic nitrogens is 2. The first-order chi connectivity index (χ1) is 18.9. The van der Waals surface area contributed by atoms with Crippen LogP contribution in [0.25, 0.3) is 10.9 Å². The molecule has 200 valence electrons. The van der Waals surface area contributed by atoms with Crippen LogP contribution in [0.5, 0.6) is 5.75 Å². The number of anilines is 1. The zero-order chi connectivity index (χ0) is 27.4. The summed E-state index contributed by atoms with van der Waals surface area (Å²) in [5, 5.41) is 6.43. The van der Waals surface area contributed by atoms with Crippen molar-refractivity contribution in [1.82, 2.24) is 14.9 Å². The van der Waals surface area contributed by atoms with Gasteiger partial charge in [0.1, 0.15) is 5.75 Å². The molecule has 39 heavy (non-hydrogen) atoms. The third-order valence-electron chi connectivity index (χ3n) is 6.54.